The van der Waals surface area contributed by atoms with E-state index in [0.29, 0.717) is 24.9 Å². The average molecular weight is 474 g/mol. The fourth-order valence-electron chi connectivity index (χ4n) is 4.67. The molecule has 2 saturated heterocycles. The summed E-state index contributed by atoms with van der Waals surface area (Å²) in [5, 5.41) is 3.08. The summed E-state index contributed by atoms with van der Waals surface area (Å²) in [6, 6.07) is 9.94. The van der Waals surface area contributed by atoms with Crippen molar-refractivity contribution in [2.75, 3.05) is 32.7 Å². The van der Waals surface area contributed by atoms with E-state index >= 15 is 0 Å². The van der Waals surface area contributed by atoms with E-state index in [1.54, 1.807) is 18.4 Å². The molecule has 2 aliphatic rings. The van der Waals surface area contributed by atoms with Gasteiger partial charge in [-0.2, -0.15) is 4.31 Å². The van der Waals surface area contributed by atoms with Crippen molar-refractivity contribution in [3.63, 3.8) is 0 Å². The van der Waals surface area contributed by atoms with Crippen LogP contribution in [-0.4, -0.2) is 62.0 Å². The molecule has 2 aromatic rings. The van der Waals surface area contributed by atoms with Gasteiger partial charge < -0.3 is 9.73 Å². The zero-order valence-electron chi connectivity index (χ0n) is 18.9. The second-order valence-corrected chi connectivity index (χ2v) is 10.7. The van der Waals surface area contributed by atoms with Gasteiger partial charge in [-0.05, 0) is 70.0 Å². The van der Waals surface area contributed by atoms with Crippen molar-refractivity contribution in [2.45, 2.75) is 43.5 Å². The molecule has 2 aliphatic heterocycles. The highest BCUT2D eigenvalue weighted by Crippen LogP contribution is 2.27. The highest BCUT2D eigenvalue weighted by Gasteiger charge is 2.33. The Kier molecular flexibility index (Phi) is 7.31. The molecule has 0 radical (unpaired) electrons. The number of benzene rings is 1. The number of hydrogen-bond donors (Lipinski definition) is 1. The lowest BCUT2D eigenvalue weighted by Crippen LogP contribution is -2.44. The van der Waals surface area contributed by atoms with Crippen molar-refractivity contribution < 1.29 is 22.4 Å². The minimum Gasteiger partial charge on any atom is -0.468 e. The maximum atomic E-state index is 13.0. The van der Waals surface area contributed by atoms with Crippen molar-refractivity contribution in [2.24, 2.45) is 5.92 Å². The predicted molar refractivity (Wildman–Crippen MR) is 123 cm³/mol. The first-order valence-corrected chi connectivity index (χ1v) is 13.0. The van der Waals surface area contributed by atoms with E-state index in [-0.39, 0.29) is 41.6 Å². The number of rotatable bonds is 8. The van der Waals surface area contributed by atoms with Crippen molar-refractivity contribution in [3.8, 4) is 0 Å². The van der Waals surface area contributed by atoms with Crippen LogP contribution in [0.3, 0.4) is 0 Å². The molecule has 1 N–H and O–H groups in total. The molecular weight excluding hydrogens is 442 g/mol. The van der Waals surface area contributed by atoms with Gasteiger partial charge in [-0.1, -0.05) is 12.1 Å². The molecule has 1 amide bonds. The van der Waals surface area contributed by atoms with Crippen LogP contribution in [0.1, 0.15) is 54.8 Å². The molecule has 0 unspecified atom stereocenters. The van der Waals surface area contributed by atoms with E-state index in [4.69, 9.17) is 4.42 Å². The van der Waals surface area contributed by atoms with E-state index in [9.17, 15) is 18.0 Å². The van der Waals surface area contributed by atoms with Crippen molar-refractivity contribution >= 4 is 21.7 Å². The van der Waals surface area contributed by atoms with E-state index in [0.717, 1.165) is 31.7 Å². The number of furan rings is 1. The van der Waals surface area contributed by atoms with Gasteiger partial charge in [0.1, 0.15) is 5.76 Å². The summed E-state index contributed by atoms with van der Waals surface area (Å²) in [7, 11) is -3.70. The van der Waals surface area contributed by atoms with Crippen molar-refractivity contribution in [1.29, 1.82) is 0 Å². The lowest BCUT2D eigenvalue weighted by Gasteiger charge is -2.31. The normalized spacial score (nSPS) is 19.4. The molecular formula is C24H31N3O5S. The lowest BCUT2D eigenvalue weighted by atomic mass is 9.97. The number of hydrogen-bond acceptors (Lipinski definition) is 6. The zero-order chi connectivity index (χ0) is 23.4. The second-order valence-electron chi connectivity index (χ2n) is 8.78. The van der Waals surface area contributed by atoms with Crippen LogP contribution >= 0.6 is 0 Å². The highest BCUT2D eigenvalue weighted by molar-refractivity contribution is 7.89. The van der Waals surface area contributed by atoms with Gasteiger partial charge in [-0.25, -0.2) is 8.42 Å². The van der Waals surface area contributed by atoms with Gasteiger partial charge in [-0.3, -0.25) is 14.5 Å². The number of amides is 1. The molecule has 9 heteroatoms. The standard InChI is InChI=1S/C24H31N3O5S/c1-18(28)20-6-4-7-21(16-20)33(30,31)27-13-9-19(10-14-27)24(29)25-17-22(23-8-5-15-32-23)26-11-2-3-12-26/h4-8,15-16,19,22H,2-3,9-14,17H2,1H3,(H,25,29)/t22-/m1/s1. The Morgan fingerprint density at radius 2 is 1.82 bits per heavy atom. The van der Waals surface area contributed by atoms with Gasteiger partial charge in [0.25, 0.3) is 0 Å². The number of likely N-dealkylation sites (tertiary alicyclic amines) is 1. The Balaban J connectivity index is 1.34. The Bertz CT molecular complexity index is 1070. The Morgan fingerprint density at radius 1 is 1.09 bits per heavy atom. The third kappa shape index (κ3) is 5.37. The van der Waals surface area contributed by atoms with E-state index in [2.05, 4.69) is 10.2 Å². The van der Waals surface area contributed by atoms with Crippen LogP contribution in [0.4, 0.5) is 0 Å². The number of Topliss-reactive ketones (excluding diaryl/α,β-unsaturated/α-hetero) is 1. The van der Waals surface area contributed by atoms with Gasteiger partial charge in [-0.15, -0.1) is 0 Å². The quantitative estimate of drug-likeness (QED) is 0.592. The first-order chi connectivity index (χ1) is 15.9. The molecule has 0 aliphatic carbocycles. The first kappa shape index (κ1) is 23.7. The summed E-state index contributed by atoms with van der Waals surface area (Å²) in [5.74, 6) is 0.410. The summed E-state index contributed by atoms with van der Waals surface area (Å²) in [6.07, 6.45) is 4.88. The van der Waals surface area contributed by atoms with Crippen LogP contribution in [0.5, 0.6) is 0 Å². The molecule has 8 nitrogen and oxygen atoms in total. The summed E-state index contributed by atoms with van der Waals surface area (Å²) in [5.41, 5.74) is 0.370. The first-order valence-electron chi connectivity index (χ1n) is 11.5. The Labute approximate surface area is 195 Å². The third-order valence-corrected chi connectivity index (χ3v) is 8.52. The van der Waals surface area contributed by atoms with Crippen LogP contribution in [0.25, 0.3) is 0 Å². The highest BCUT2D eigenvalue weighted by atomic mass is 32.2. The predicted octanol–water partition coefficient (Wildman–Crippen LogP) is 2.84. The van der Waals surface area contributed by atoms with E-state index < -0.39 is 10.0 Å². The van der Waals surface area contributed by atoms with Gasteiger partial charge >= 0.3 is 0 Å². The SMILES string of the molecule is CC(=O)c1cccc(S(=O)(=O)N2CCC(C(=O)NC[C@H](c3ccco3)N3CCCC3)CC2)c1. The molecule has 1 aromatic carbocycles. The van der Waals surface area contributed by atoms with Gasteiger partial charge in [0, 0.05) is 31.1 Å². The molecule has 4 rings (SSSR count). The Morgan fingerprint density at radius 3 is 2.45 bits per heavy atom. The number of nitrogens with zero attached hydrogens (tertiary/aromatic N) is 2. The smallest absolute Gasteiger partial charge is 0.243 e. The number of sulfonamides is 1. The largest absolute Gasteiger partial charge is 0.468 e. The van der Waals surface area contributed by atoms with Gasteiger partial charge in [0.2, 0.25) is 15.9 Å². The molecule has 178 valence electrons. The topological polar surface area (TPSA) is 99.9 Å². The molecule has 2 fully saturated rings. The summed E-state index contributed by atoms with van der Waals surface area (Å²) < 4.78 is 33.1. The summed E-state index contributed by atoms with van der Waals surface area (Å²) >= 11 is 0. The van der Waals surface area contributed by atoms with Crippen LogP contribution < -0.4 is 5.32 Å². The number of piperidine rings is 1. The fraction of sp³-hybridized carbons (Fsp3) is 0.500. The molecule has 0 saturated carbocycles. The van der Waals surface area contributed by atoms with Gasteiger partial charge in [0.05, 0.1) is 17.2 Å². The van der Waals surface area contributed by atoms with Crippen LogP contribution in [0.15, 0.2) is 52.0 Å². The van der Waals surface area contributed by atoms with Crippen LogP contribution in [0.2, 0.25) is 0 Å². The zero-order valence-corrected chi connectivity index (χ0v) is 19.7. The lowest BCUT2D eigenvalue weighted by molar-refractivity contribution is -0.126. The molecule has 0 bridgehead atoms. The van der Waals surface area contributed by atoms with Gasteiger partial charge in [0.15, 0.2) is 5.78 Å². The maximum Gasteiger partial charge on any atom is 0.243 e. The Hall–Kier alpha value is -2.49. The van der Waals surface area contributed by atoms with E-state index in [1.807, 2.05) is 12.1 Å². The number of nitrogens with one attached hydrogen (secondary N) is 1. The molecule has 3 heterocycles. The molecule has 0 spiro atoms. The second kappa shape index (κ2) is 10.2. The monoisotopic (exact) mass is 473 g/mol. The number of carbonyl (C=O) groups is 2. The minimum absolute atomic E-state index is 0.0143. The van der Waals surface area contributed by atoms with Crippen molar-refractivity contribution in [3.05, 3.63) is 54.0 Å². The number of carbonyl (C=O) groups excluding carboxylic acids is 2. The maximum absolute atomic E-state index is 13.0. The fourth-order valence-corrected chi connectivity index (χ4v) is 6.18. The summed E-state index contributed by atoms with van der Waals surface area (Å²) in [6.45, 7) is 4.42. The molecule has 33 heavy (non-hydrogen) atoms. The molecule has 1 aromatic heterocycles. The minimum atomic E-state index is -3.70. The van der Waals surface area contributed by atoms with E-state index in [1.165, 1.54) is 23.4 Å². The van der Waals surface area contributed by atoms with Crippen LogP contribution in [0, 0.1) is 5.92 Å². The van der Waals surface area contributed by atoms with Crippen LogP contribution in [-0.2, 0) is 14.8 Å². The van der Waals surface area contributed by atoms with Crippen molar-refractivity contribution in [1.82, 2.24) is 14.5 Å². The number of ketones is 1. The molecule has 1 atom stereocenters. The summed E-state index contributed by atoms with van der Waals surface area (Å²) in [4.78, 5) is 26.9. The third-order valence-electron chi connectivity index (χ3n) is 6.63. The average Bonchev–Trinajstić information content (AvgIpc) is 3.54.